The van der Waals surface area contributed by atoms with E-state index < -0.39 is 50.7 Å². The molecule has 15 heteroatoms. The smallest absolute Gasteiger partial charge is 0.356 e. The molecule has 6 N–H and O–H groups in total. The van der Waals surface area contributed by atoms with E-state index in [9.17, 15) is 24.6 Å². The van der Waals surface area contributed by atoms with E-state index in [0.29, 0.717) is 16.9 Å². The molecule has 0 radical (unpaired) electrons. The lowest BCUT2D eigenvalue weighted by molar-refractivity contribution is -0.0980. The summed E-state index contributed by atoms with van der Waals surface area (Å²) in [4.78, 5) is 27.7. The van der Waals surface area contributed by atoms with Crippen LogP contribution in [-0.4, -0.2) is 87.8 Å². The standard InChI is InChI=1S/C19H29ClN5O8P/c1-19(6-7-26,34(29,30)31)32-9-12-13(27)14(28)17(33-12)25-16-11(8-21-25)15(23-18(20)24-16)22-10-4-2-3-5-10/h8,10,12-14,17,26-28H,2-7,9H2,1H3,(H,22,23,24)(H2,29,30,31)/t12-,13-,14-,17-,19?/m1/s1. The zero-order valence-electron chi connectivity index (χ0n) is 18.5. The number of ether oxygens (including phenoxy) is 2. The Labute approximate surface area is 200 Å². The monoisotopic (exact) mass is 521 g/mol. The van der Waals surface area contributed by atoms with Crippen molar-refractivity contribution in [1.29, 1.82) is 0 Å². The molecule has 0 bridgehead atoms. The van der Waals surface area contributed by atoms with E-state index in [2.05, 4.69) is 20.4 Å². The Morgan fingerprint density at radius 3 is 2.65 bits per heavy atom. The number of nitrogens with one attached hydrogen (secondary N) is 1. The maximum Gasteiger partial charge on any atom is 0.356 e. The molecule has 2 aromatic rings. The molecular weight excluding hydrogens is 493 g/mol. The lowest BCUT2D eigenvalue weighted by atomic mass is 10.1. The van der Waals surface area contributed by atoms with Crippen molar-refractivity contribution >= 4 is 36.0 Å². The zero-order valence-corrected chi connectivity index (χ0v) is 20.1. The van der Waals surface area contributed by atoms with Crippen LogP contribution in [0.4, 0.5) is 5.82 Å². The number of aliphatic hydroxyl groups is 3. The highest BCUT2D eigenvalue weighted by Gasteiger charge is 2.48. The Balaban J connectivity index is 1.55. The lowest BCUT2D eigenvalue weighted by Gasteiger charge is -2.31. The second kappa shape index (κ2) is 9.92. The number of anilines is 1. The molecule has 34 heavy (non-hydrogen) atoms. The average molecular weight is 522 g/mol. The fourth-order valence-corrected chi connectivity index (χ4v) is 5.10. The second-order valence-electron chi connectivity index (χ2n) is 8.84. The van der Waals surface area contributed by atoms with E-state index in [-0.39, 0.29) is 17.7 Å². The van der Waals surface area contributed by atoms with Gasteiger partial charge in [-0.25, -0.2) is 4.68 Å². The van der Waals surface area contributed by atoms with Crippen LogP contribution < -0.4 is 5.32 Å². The highest BCUT2D eigenvalue weighted by atomic mass is 35.5. The average Bonchev–Trinajstić information content (AvgIpc) is 3.48. The van der Waals surface area contributed by atoms with Crippen LogP contribution in [0.1, 0.15) is 45.3 Å². The van der Waals surface area contributed by atoms with Gasteiger partial charge in [0.1, 0.15) is 24.1 Å². The SMILES string of the molecule is CC(CCO)(OC[C@H]1O[C@@H](n2ncc3c(NC4CCCC4)nc(Cl)nc32)[C@H](O)[C@@H]1O)P(=O)(O)O. The molecule has 0 spiro atoms. The summed E-state index contributed by atoms with van der Waals surface area (Å²) in [6.07, 6.45) is 0.303. The van der Waals surface area contributed by atoms with Crippen LogP contribution in [0.25, 0.3) is 11.0 Å². The van der Waals surface area contributed by atoms with Crippen molar-refractivity contribution in [2.75, 3.05) is 18.5 Å². The number of rotatable bonds is 9. The first kappa shape index (κ1) is 25.7. The molecule has 13 nitrogen and oxygen atoms in total. The molecule has 1 unspecified atom stereocenters. The summed E-state index contributed by atoms with van der Waals surface area (Å²) >= 11 is 6.14. The Morgan fingerprint density at radius 2 is 2.00 bits per heavy atom. The number of fused-ring (bicyclic) bond motifs is 1. The minimum Gasteiger partial charge on any atom is -0.396 e. The van der Waals surface area contributed by atoms with Crippen LogP contribution in [0.15, 0.2) is 6.20 Å². The van der Waals surface area contributed by atoms with Gasteiger partial charge < -0.3 is 39.9 Å². The van der Waals surface area contributed by atoms with Gasteiger partial charge in [0.05, 0.1) is 18.2 Å². The second-order valence-corrected chi connectivity index (χ2v) is 11.2. The van der Waals surface area contributed by atoms with E-state index in [4.69, 9.17) is 26.2 Å². The Hall–Kier alpha value is -1.41. The van der Waals surface area contributed by atoms with E-state index in [1.807, 2.05) is 0 Å². The maximum atomic E-state index is 11.8. The highest BCUT2D eigenvalue weighted by molar-refractivity contribution is 7.53. The number of hydrogen-bond acceptors (Lipinski definition) is 10. The van der Waals surface area contributed by atoms with Crippen LogP contribution in [-0.2, 0) is 14.0 Å². The summed E-state index contributed by atoms with van der Waals surface area (Å²) in [5.41, 5.74) is 0.290. The zero-order chi connectivity index (χ0) is 24.7. The molecule has 1 aliphatic carbocycles. The molecule has 2 aliphatic rings. The van der Waals surface area contributed by atoms with Gasteiger partial charge in [0, 0.05) is 19.1 Å². The number of aliphatic hydroxyl groups excluding tert-OH is 3. The van der Waals surface area contributed by atoms with Crippen molar-refractivity contribution in [3.05, 3.63) is 11.5 Å². The largest absolute Gasteiger partial charge is 0.396 e. The number of nitrogens with zero attached hydrogens (tertiary/aromatic N) is 4. The van der Waals surface area contributed by atoms with Gasteiger partial charge in [0.2, 0.25) is 5.28 Å². The summed E-state index contributed by atoms with van der Waals surface area (Å²) < 4.78 is 24.3. The molecule has 2 fully saturated rings. The van der Waals surface area contributed by atoms with Crippen molar-refractivity contribution in [1.82, 2.24) is 19.7 Å². The van der Waals surface area contributed by atoms with Crippen molar-refractivity contribution in [3.63, 3.8) is 0 Å². The van der Waals surface area contributed by atoms with Gasteiger partial charge in [-0.1, -0.05) is 12.8 Å². The summed E-state index contributed by atoms with van der Waals surface area (Å²) in [7, 11) is -4.75. The quantitative estimate of drug-likeness (QED) is 0.200. The highest BCUT2D eigenvalue weighted by Crippen LogP contribution is 2.53. The lowest BCUT2D eigenvalue weighted by Crippen LogP contribution is -2.38. The third kappa shape index (κ3) is 4.95. The van der Waals surface area contributed by atoms with Crippen molar-refractivity contribution in [3.8, 4) is 0 Å². The fourth-order valence-electron chi connectivity index (χ4n) is 4.30. The van der Waals surface area contributed by atoms with Crippen LogP contribution in [0.3, 0.4) is 0 Å². The molecule has 4 rings (SSSR count). The van der Waals surface area contributed by atoms with Crippen LogP contribution in [0.2, 0.25) is 5.28 Å². The normalized spacial score (nSPS) is 28.0. The number of hydrogen-bond donors (Lipinski definition) is 6. The molecule has 2 aromatic heterocycles. The summed E-state index contributed by atoms with van der Waals surface area (Å²) in [5.74, 6) is 0.516. The van der Waals surface area contributed by atoms with Gasteiger partial charge in [-0.3, -0.25) is 4.57 Å². The van der Waals surface area contributed by atoms with Crippen LogP contribution in [0.5, 0.6) is 0 Å². The van der Waals surface area contributed by atoms with Gasteiger partial charge in [0.15, 0.2) is 17.2 Å². The van der Waals surface area contributed by atoms with E-state index in [1.165, 1.54) is 10.9 Å². The summed E-state index contributed by atoms with van der Waals surface area (Å²) in [6, 6.07) is 0.261. The van der Waals surface area contributed by atoms with Crippen molar-refractivity contribution in [2.24, 2.45) is 0 Å². The molecule has 1 aliphatic heterocycles. The predicted molar refractivity (Wildman–Crippen MR) is 120 cm³/mol. The predicted octanol–water partition coefficient (Wildman–Crippen LogP) is 0.746. The Bertz CT molecular complexity index is 1060. The fraction of sp³-hybridized carbons (Fsp3) is 0.737. The Morgan fingerprint density at radius 1 is 1.29 bits per heavy atom. The minimum atomic E-state index is -4.75. The molecule has 1 saturated heterocycles. The minimum absolute atomic E-state index is 0.0240. The first-order valence-electron chi connectivity index (χ1n) is 11.0. The van der Waals surface area contributed by atoms with E-state index >= 15 is 0 Å². The summed E-state index contributed by atoms with van der Waals surface area (Å²) in [6.45, 7) is 0.204. The third-order valence-electron chi connectivity index (χ3n) is 6.45. The number of aromatic nitrogens is 4. The molecule has 5 atom stereocenters. The van der Waals surface area contributed by atoms with Crippen molar-refractivity contribution < 1.29 is 39.1 Å². The first-order valence-corrected chi connectivity index (χ1v) is 13.0. The van der Waals surface area contributed by atoms with Crippen molar-refractivity contribution in [2.45, 2.75) is 75.0 Å². The van der Waals surface area contributed by atoms with Gasteiger partial charge >= 0.3 is 7.60 Å². The third-order valence-corrected chi connectivity index (χ3v) is 8.21. The molecule has 0 amide bonds. The van der Waals surface area contributed by atoms with E-state index in [0.717, 1.165) is 32.6 Å². The summed E-state index contributed by atoms with van der Waals surface area (Å²) in [5, 5.41) is 36.5. The molecule has 3 heterocycles. The molecule has 1 saturated carbocycles. The maximum absolute atomic E-state index is 11.8. The van der Waals surface area contributed by atoms with Gasteiger partial charge in [-0.2, -0.15) is 15.1 Å². The van der Waals surface area contributed by atoms with Crippen LogP contribution >= 0.6 is 19.2 Å². The molecule has 0 aromatic carbocycles. The molecule has 190 valence electrons. The van der Waals surface area contributed by atoms with Gasteiger partial charge in [-0.15, -0.1) is 0 Å². The topological polar surface area (TPSA) is 192 Å². The first-order chi connectivity index (χ1) is 16.0. The van der Waals surface area contributed by atoms with Gasteiger partial charge in [-0.05, 0) is 31.4 Å². The van der Waals surface area contributed by atoms with Gasteiger partial charge in [0.25, 0.3) is 0 Å². The number of halogens is 1. The Kier molecular flexibility index (Phi) is 7.49. The van der Waals surface area contributed by atoms with Crippen LogP contribution in [0, 0.1) is 0 Å². The molecular formula is C19H29ClN5O8P. The van der Waals surface area contributed by atoms with E-state index in [1.54, 1.807) is 0 Å².